The van der Waals surface area contributed by atoms with E-state index in [1.165, 1.54) is 0 Å². The van der Waals surface area contributed by atoms with Gasteiger partial charge in [0.2, 0.25) is 0 Å². The second-order valence-electron chi connectivity index (χ2n) is 5.75. The number of pyridine rings is 1. The van der Waals surface area contributed by atoms with Crippen LogP contribution in [-0.4, -0.2) is 21.8 Å². The monoisotopic (exact) mass is 347 g/mol. The number of imidazole rings is 1. The second-order valence-corrected chi connectivity index (χ2v) is 6.16. The molecule has 2 aromatic heterocycles. The minimum Gasteiger partial charge on any atom is -0.351 e. The molecule has 2 rings (SSSR count). The first-order chi connectivity index (χ1) is 10.6. The zero-order valence-corrected chi connectivity index (χ0v) is 13.7. The van der Waals surface area contributed by atoms with Crippen molar-refractivity contribution in [1.82, 2.24) is 14.7 Å². The molecule has 2 heterocycles. The van der Waals surface area contributed by atoms with Crippen LogP contribution in [0.2, 0.25) is 5.02 Å². The highest BCUT2D eigenvalue weighted by Crippen LogP contribution is 2.33. The zero-order valence-electron chi connectivity index (χ0n) is 13.0. The molecule has 8 heteroatoms. The van der Waals surface area contributed by atoms with Gasteiger partial charge in [-0.25, -0.2) is 4.98 Å². The van der Waals surface area contributed by atoms with Crippen LogP contribution in [0.25, 0.3) is 5.65 Å². The fourth-order valence-corrected chi connectivity index (χ4v) is 2.46. The summed E-state index contributed by atoms with van der Waals surface area (Å²) in [7, 11) is 0. The van der Waals surface area contributed by atoms with Crippen LogP contribution in [0, 0.1) is 12.8 Å². The number of halogens is 4. The summed E-state index contributed by atoms with van der Waals surface area (Å²) in [6.45, 7) is 6.03. The van der Waals surface area contributed by atoms with Crippen LogP contribution in [0.1, 0.15) is 42.0 Å². The van der Waals surface area contributed by atoms with Crippen LogP contribution in [0.15, 0.2) is 12.3 Å². The number of nitrogens with one attached hydrogen (secondary N) is 1. The Labute approximate surface area is 136 Å². The van der Waals surface area contributed by atoms with E-state index in [4.69, 9.17) is 11.6 Å². The summed E-state index contributed by atoms with van der Waals surface area (Å²) in [4.78, 5) is 16.4. The lowest BCUT2D eigenvalue weighted by Gasteiger charge is -2.10. The first-order valence-corrected chi connectivity index (χ1v) is 7.52. The maximum absolute atomic E-state index is 12.9. The molecule has 0 radical (unpaired) electrons. The van der Waals surface area contributed by atoms with Crippen molar-refractivity contribution in [2.75, 3.05) is 6.54 Å². The van der Waals surface area contributed by atoms with Crippen molar-refractivity contribution in [3.63, 3.8) is 0 Å². The number of nitrogens with zero attached hydrogens (tertiary/aromatic N) is 2. The molecule has 0 aliphatic rings. The standard InChI is InChI=1S/C15H17ClF3N3O/c1-8(2)4-5-20-14(23)12-9(3)21-13-11(16)6-10(7-22(12)13)15(17,18)19/h6-8H,4-5H2,1-3H3,(H,20,23). The summed E-state index contributed by atoms with van der Waals surface area (Å²) in [5, 5.41) is 2.55. The van der Waals surface area contributed by atoms with Gasteiger partial charge in [-0.05, 0) is 25.3 Å². The molecule has 4 nitrogen and oxygen atoms in total. The molecule has 23 heavy (non-hydrogen) atoms. The van der Waals surface area contributed by atoms with Crippen molar-refractivity contribution < 1.29 is 18.0 Å². The van der Waals surface area contributed by atoms with Crippen molar-refractivity contribution in [2.45, 2.75) is 33.4 Å². The molecule has 0 saturated heterocycles. The summed E-state index contributed by atoms with van der Waals surface area (Å²) < 4.78 is 39.9. The van der Waals surface area contributed by atoms with E-state index in [0.29, 0.717) is 18.2 Å². The molecule has 0 unspecified atom stereocenters. The lowest BCUT2D eigenvalue weighted by Crippen LogP contribution is -2.27. The van der Waals surface area contributed by atoms with Crippen molar-refractivity contribution >= 4 is 23.2 Å². The average molecular weight is 348 g/mol. The molecule has 0 aromatic carbocycles. The van der Waals surface area contributed by atoms with E-state index in [1.807, 2.05) is 13.8 Å². The molecular weight excluding hydrogens is 331 g/mol. The summed E-state index contributed by atoms with van der Waals surface area (Å²) in [5.41, 5.74) is -0.403. The van der Waals surface area contributed by atoms with E-state index >= 15 is 0 Å². The normalized spacial score (nSPS) is 12.2. The van der Waals surface area contributed by atoms with Crippen LogP contribution < -0.4 is 5.32 Å². The van der Waals surface area contributed by atoms with Crippen molar-refractivity contribution in [3.8, 4) is 0 Å². The third kappa shape index (κ3) is 3.77. The fourth-order valence-electron chi connectivity index (χ4n) is 2.20. The van der Waals surface area contributed by atoms with Crippen LogP contribution in [0.4, 0.5) is 13.2 Å². The van der Waals surface area contributed by atoms with Gasteiger partial charge in [-0.15, -0.1) is 0 Å². The maximum atomic E-state index is 12.9. The van der Waals surface area contributed by atoms with Gasteiger partial charge in [0.1, 0.15) is 5.69 Å². The third-order valence-electron chi connectivity index (χ3n) is 3.40. The van der Waals surface area contributed by atoms with E-state index in [1.54, 1.807) is 6.92 Å². The zero-order chi connectivity index (χ0) is 17.4. The topological polar surface area (TPSA) is 46.4 Å². The van der Waals surface area contributed by atoms with E-state index in [2.05, 4.69) is 10.3 Å². The van der Waals surface area contributed by atoms with Gasteiger partial charge in [0.25, 0.3) is 5.91 Å². The van der Waals surface area contributed by atoms with Gasteiger partial charge < -0.3 is 5.32 Å². The van der Waals surface area contributed by atoms with E-state index in [9.17, 15) is 18.0 Å². The summed E-state index contributed by atoms with van der Waals surface area (Å²) in [6.07, 6.45) is -2.93. The quantitative estimate of drug-likeness (QED) is 0.905. The van der Waals surface area contributed by atoms with Crippen LogP contribution in [0.5, 0.6) is 0 Å². The highest BCUT2D eigenvalue weighted by molar-refractivity contribution is 6.33. The van der Waals surface area contributed by atoms with E-state index in [-0.39, 0.29) is 16.4 Å². The first kappa shape index (κ1) is 17.6. The molecule has 0 aliphatic heterocycles. The van der Waals surface area contributed by atoms with Gasteiger partial charge in [-0.3, -0.25) is 9.20 Å². The SMILES string of the molecule is Cc1nc2c(Cl)cc(C(F)(F)F)cn2c1C(=O)NCCC(C)C. The Hall–Kier alpha value is -1.76. The van der Waals surface area contributed by atoms with Gasteiger partial charge in [0.05, 0.1) is 16.3 Å². The summed E-state index contributed by atoms with van der Waals surface area (Å²) in [5.74, 6) is -0.0594. The number of amides is 1. The number of hydrogen-bond donors (Lipinski definition) is 1. The van der Waals surface area contributed by atoms with Gasteiger partial charge in [0.15, 0.2) is 5.65 Å². The first-order valence-electron chi connectivity index (χ1n) is 7.15. The molecule has 0 fully saturated rings. The number of carbonyl (C=O) groups excluding carboxylic acids is 1. The highest BCUT2D eigenvalue weighted by Gasteiger charge is 2.32. The largest absolute Gasteiger partial charge is 0.417 e. The Bertz CT molecular complexity index is 738. The summed E-state index contributed by atoms with van der Waals surface area (Å²) >= 11 is 5.89. The van der Waals surface area contributed by atoms with Gasteiger partial charge in [-0.1, -0.05) is 25.4 Å². The number of fused-ring (bicyclic) bond motifs is 1. The molecule has 1 amide bonds. The summed E-state index contributed by atoms with van der Waals surface area (Å²) in [6, 6.07) is 0.809. The van der Waals surface area contributed by atoms with Gasteiger partial charge >= 0.3 is 6.18 Å². The molecule has 0 saturated carbocycles. The Morgan fingerprint density at radius 1 is 1.43 bits per heavy atom. The molecule has 126 valence electrons. The van der Waals surface area contributed by atoms with E-state index < -0.39 is 17.6 Å². The fraction of sp³-hybridized carbons (Fsp3) is 0.467. The molecule has 0 aliphatic carbocycles. The Balaban J connectivity index is 2.45. The van der Waals surface area contributed by atoms with Gasteiger partial charge in [-0.2, -0.15) is 13.2 Å². The van der Waals surface area contributed by atoms with Crippen molar-refractivity contribution in [2.24, 2.45) is 5.92 Å². The minimum atomic E-state index is -4.55. The number of aryl methyl sites for hydroxylation is 1. The maximum Gasteiger partial charge on any atom is 0.417 e. The Morgan fingerprint density at radius 2 is 2.09 bits per heavy atom. The van der Waals surface area contributed by atoms with Crippen LogP contribution in [-0.2, 0) is 6.18 Å². The minimum absolute atomic E-state index is 0.0664. The molecule has 0 bridgehead atoms. The Kier molecular flexibility index (Phi) is 4.89. The van der Waals surface area contributed by atoms with Crippen LogP contribution in [0.3, 0.4) is 0 Å². The second kappa shape index (κ2) is 6.39. The number of hydrogen-bond acceptors (Lipinski definition) is 2. The number of aromatic nitrogens is 2. The molecule has 0 atom stereocenters. The number of alkyl halides is 3. The lowest BCUT2D eigenvalue weighted by molar-refractivity contribution is -0.137. The van der Waals surface area contributed by atoms with Crippen LogP contribution >= 0.6 is 11.6 Å². The van der Waals surface area contributed by atoms with E-state index in [0.717, 1.165) is 23.1 Å². The predicted octanol–water partition coefficient (Wildman–Crippen LogP) is 4.09. The predicted molar refractivity (Wildman–Crippen MR) is 81.7 cm³/mol. The number of carbonyl (C=O) groups is 1. The van der Waals surface area contributed by atoms with Crippen molar-refractivity contribution in [1.29, 1.82) is 0 Å². The smallest absolute Gasteiger partial charge is 0.351 e. The Morgan fingerprint density at radius 3 is 2.65 bits per heavy atom. The highest BCUT2D eigenvalue weighted by atomic mass is 35.5. The van der Waals surface area contributed by atoms with Crippen molar-refractivity contribution in [3.05, 3.63) is 34.2 Å². The molecule has 1 N–H and O–H groups in total. The third-order valence-corrected chi connectivity index (χ3v) is 3.68. The molecule has 2 aromatic rings. The van der Waals surface area contributed by atoms with Gasteiger partial charge in [0, 0.05) is 12.7 Å². The molecule has 0 spiro atoms. The average Bonchev–Trinajstić information content (AvgIpc) is 2.74. The molecular formula is C15H17ClF3N3O. The lowest BCUT2D eigenvalue weighted by atomic mass is 10.1. The number of rotatable bonds is 4.